The number of nitrogens with zero attached hydrogens (tertiary/aromatic N) is 1. The molecule has 3 aromatic carbocycles. The molecule has 0 unspecified atom stereocenters. The van der Waals surface area contributed by atoms with Gasteiger partial charge < -0.3 is 5.32 Å². The highest BCUT2D eigenvalue weighted by atomic mass is 16.6. The number of hydrogen-bond donors (Lipinski definition) is 3. The monoisotopic (exact) mass is 486 g/mol. The van der Waals surface area contributed by atoms with Crippen molar-refractivity contribution in [2.24, 2.45) is 0 Å². The molecule has 0 aliphatic rings. The highest BCUT2D eigenvalue weighted by Crippen LogP contribution is 2.22. The molecule has 3 N–H and O–H groups in total. The highest BCUT2D eigenvalue weighted by Gasteiger charge is 2.14. The number of nitrogens with one attached hydrogen (secondary N) is 3. The van der Waals surface area contributed by atoms with E-state index in [0.29, 0.717) is 16.8 Å². The summed E-state index contributed by atoms with van der Waals surface area (Å²) in [6, 6.07) is 19.3. The van der Waals surface area contributed by atoms with Gasteiger partial charge in [-0.3, -0.25) is 35.3 Å². The minimum atomic E-state index is -0.580. The van der Waals surface area contributed by atoms with Crippen molar-refractivity contribution >= 4 is 35.2 Å². The van der Waals surface area contributed by atoms with Gasteiger partial charge in [-0.25, -0.2) is 0 Å². The third-order valence-electron chi connectivity index (χ3n) is 5.25. The second-order valence-corrected chi connectivity index (χ2v) is 8.98. The molecule has 0 aliphatic heterocycles. The zero-order chi connectivity index (χ0) is 26.3. The van der Waals surface area contributed by atoms with E-state index in [2.05, 4.69) is 36.9 Å². The maximum atomic E-state index is 12.5. The number of non-ortho nitro benzene ring substituents is 1. The Hall–Kier alpha value is -4.79. The number of anilines is 1. The van der Waals surface area contributed by atoms with Gasteiger partial charge in [-0.15, -0.1) is 0 Å². The molecule has 0 bridgehead atoms. The summed E-state index contributed by atoms with van der Waals surface area (Å²) >= 11 is 0. The van der Waals surface area contributed by atoms with Crippen molar-refractivity contribution in [3.8, 4) is 0 Å². The van der Waals surface area contributed by atoms with Crippen molar-refractivity contribution in [3.05, 3.63) is 111 Å². The van der Waals surface area contributed by atoms with E-state index >= 15 is 0 Å². The average Bonchev–Trinajstić information content (AvgIpc) is 2.86. The van der Waals surface area contributed by atoms with E-state index in [-0.39, 0.29) is 22.6 Å². The summed E-state index contributed by atoms with van der Waals surface area (Å²) in [6.45, 7) is 6.30. The Labute approximate surface area is 208 Å². The first-order chi connectivity index (χ1) is 17.0. The summed E-state index contributed by atoms with van der Waals surface area (Å²) in [5, 5.41) is 13.5. The summed E-state index contributed by atoms with van der Waals surface area (Å²) in [4.78, 5) is 46.9. The summed E-state index contributed by atoms with van der Waals surface area (Å²) in [5.41, 5.74) is 7.54. The number of rotatable bonds is 6. The number of amides is 3. The van der Waals surface area contributed by atoms with E-state index in [9.17, 15) is 24.5 Å². The van der Waals surface area contributed by atoms with E-state index in [1.807, 2.05) is 12.1 Å². The molecule has 0 atom stereocenters. The molecule has 0 saturated carbocycles. The van der Waals surface area contributed by atoms with E-state index in [0.717, 1.165) is 5.56 Å². The van der Waals surface area contributed by atoms with Crippen molar-refractivity contribution in [2.75, 3.05) is 5.32 Å². The van der Waals surface area contributed by atoms with Crippen LogP contribution >= 0.6 is 0 Å². The molecule has 9 nitrogen and oxygen atoms in total. The maximum Gasteiger partial charge on any atom is 0.269 e. The topological polar surface area (TPSA) is 130 Å². The number of nitro benzene ring substituents is 1. The van der Waals surface area contributed by atoms with E-state index in [4.69, 9.17) is 0 Å². The van der Waals surface area contributed by atoms with Crippen LogP contribution < -0.4 is 16.2 Å². The second kappa shape index (κ2) is 11.1. The minimum absolute atomic E-state index is 0.00561. The molecular formula is C27H26N4O5. The molecule has 3 rings (SSSR count). The van der Waals surface area contributed by atoms with Crippen LogP contribution in [0, 0.1) is 10.1 Å². The molecule has 3 amide bonds. The molecule has 0 aromatic heterocycles. The van der Waals surface area contributed by atoms with Crippen molar-refractivity contribution < 1.29 is 19.3 Å². The lowest BCUT2D eigenvalue weighted by molar-refractivity contribution is -0.384. The first kappa shape index (κ1) is 25.8. The van der Waals surface area contributed by atoms with Gasteiger partial charge in [-0.1, -0.05) is 32.9 Å². The fourth-order valence-corrected chi connectivity index (χ4v) is 3.14. The van der Waals surface area contributed by atoms with Crippen LogP contribution in [-0.4, -0.2) is 22.6 Å². The zero-order valence-electron chi connectivity index (χ0n) is 20.1. The average molecular weight is 487 g/mol. The quantitative estimate of drug-likeness (QED) is 0.266. The van der Waals surface area contributed by atoms with Crippen LogP contribution in [0.1, 0.15) is 52.6 Å². The largest absolute Gasteiger partial charge is 0.322 e. The summed E-state index contributed by atoms with van der Waals surface area (Å²) < 4.78 is 0. The smallest absolute Gasteiger partial charge is 0.269 e. The lowest BCUT2D eigenvalue weighted by Gasteiger charge is -2.19. The SMILES string of the molecule is CC(C)(C)c1ccc(C(=O)Nc2ccc(C(=O)NNC(=O)/C=C/c3ccc([N+](=O)[O-])cc3)cc2)cc1. The third-order valence-corrected chi connectivity index (χ3v) is 5.25. The first-order valence-corrected chi connectivity index (χ1v) is 11.1. The summed E-state index contributed by atoms with van der Waals surface area (Å²) in [5.74, 6) is -1.38. The minimum Gasteiger partial charge on any atom is -0.322 e. The normalized spacial score (nSPS) is 11.1. The molecule has 9 heteroatoms. The third kappa shape index (κ3) is 7.10. The van der Waals surface area contributed by atoms with Crippen LogP contribution in [0.25, 0.3) is 6.08 Å². The zero-order valence-corrected chi connectivity index (χ0v) is 20.1. The van der Waals surface area contributed by atoms with Crippen LogP contribution in [0.3, 0.4) is 0 Å². The predicted molar refractivity (Wildman–Crippen MR) is 137 cm³/mol. The molecule has 184 valence electrons. The molecule has 36 heavy (non-hydrogen) atoms. The van der Waals surface area contributed by atoms with Gasteiger partial charge in [0.15, 0.2) is 0 Å². The van der Waals surface area contributed by atoms with Crippen molar-refractivity contribution in [1.82, 2.24) is 10.9 Å². The van der Waals surface area contributed by atoms with Crippen LogP contribution in [0.4, 0.5) is 11.4 Å². The van der Waals surface area contributed by atoms with Gasteiger partial charge >= 0.3 is 0 Å². The molecule has 0 radical (unpaired) electrons. The fraction of sp³-hybridized carbons (Fsp3) is 0.148. The Kier molecular flexibility index (Phi) is 7.96. The van der Waals surface area contributed by atoms with Crippen LogP contribution in [0.2, 0.25) is 0 Å². The molecule has 0 aliphatic carbocycles. The van der Waals surface area contributed by atoms with Gasteiger partial charge in [-0.05, 0) is 71.1 Å². The Morgan fingerprint density at radius 2 is 1.33 bits per heavy atom. The predicted octanol–water partition coefficient (Wildman–Crippen LogP) is 4.62. The van der Waals surface area contributed by atoms with Gasteiger partial charge in [0.25, 0.3) is 23.4 Å². The summed E-state index contributed by atoms with van der Waals surface area (Å²) in [7, 11) is 0. The number of carbonyl (C=O) groups excluding carboxylic acids is 3. The Morgan fingerprint density at radius 1 is 0.778 bits per heavy atom. The highest BCUT2D eigenvalue weighted by molar-refractivity contribution is 6.04. The van der Waals surface area contributed by atoms with Crippen molar-refractivity contribution in [2.45, 2.75) is 26.2 Å². The number of hydrazine groups is 1. The molecule has 0 spiro atoms. The summed E-state index contributed by atoms with van der Waals surface area (Å²) in [6.07, 6.45) is 2.65. The number of benzene rings is 3. The maximum absolute atomic E-state index is 12.5. The van der Waals surface area contributed by atoms with Gasteiger partial charge in [0.05, 0.1) is 4.92 Å². The van der Waals surface area contributed by atoms with E-state index in [1.165, 1.54) is 48.6 Å². The molecular weight excluding hydrogens is 460 g/mol. The van der Waals surface area contributed by atoms with Gasteiger partial charge in [-0.2, -0.15) is 0 Å². The molecule has 0 fully saturated rings. The lowest BCUT2D eigenvalue weighted by atomic mass is 9.87. The number of carbonyl (C=O) groups is 3. The fourth-order valence-electron chi connectivity index (χ4n) is 3.14. The van der Waals surface area contributed by atoms with E-state index < -0.39 is 16.7 Å². The first-order valence-electron chi connectivity index (χ1n) is 11.1. The van der Waals surface area contributed by atoms with Crippen LogP contribution in [0.5, 0.6) is 0 Å². The van der Waals surface area contributed by atoms with Crippen molar-refractivity contribution in [1.29, 1.82) is 0 Å². The molecule has 0 saturated heterocycles. The Morgan fingerprint density at radius 3 is 1.89 bits per heavy atom. The lowest BCUT2D eigenvalue weighted by Crippen LogP contribution is -2.40. The van der Waals surface area contributed by atoms with Gasteiger partial charge in [0.2, 0.25) is 0 Å². The van der Waals surface area contributed by atoms with Crippen LogP contribution in [0.15, 0.2) is 78.9 Å². The Balaban J connectivity index is 1.50. The number of hydrogen-bond acceptors (Lipinski definition) is 5. The Bertz CT molecular complexity index is 1290. The standard InChI is InChI=1S/C27H26N4O5/c1-27(2,3)21-11-7-19(8-12-21)25(33)28-22-13-9-20(10-14-22)26(34)30-29-24(32)17-6-18-4-15-23(16-5-18)31(35)36/h4-17H,1-3H3,(H,28,33)(H,29,32)(H,30,34)/b17-6+. The van der Waals surface area contributed by atoms with Crippen molar-refractivity contribution in [3.63, 3.8) is 0 Å². The second-order valence-electron chi connectivity index (χ2n) is 8.98. The van der Waals surface area contributed by atoms with E-state index in [1.54, 1.807) is 24.3 Å². The van der Waals surface area contributed by atoms with Gasteiger partial charge in [0.1, 0.15) is 0 Å². The molecule has 3 aromatic rings. The van der Waals surface area contributed by atoms with Crippen LogP contribution in [-0.2, 0) is 10.2 Å². The number of nitro groups is 1. The van der Waals surface area contributed by atoms with Gasteiger partial charge in [0, 0.05) is 35.0 Å². The molecule has 0 heterocycles.